The molecule has 0 saturated heterocycles. The van der Waals surface area contributed by atoms with E-state index in [1.165, 1.54) is 11.8 Å². The third-order valence-corrected chi connectivity index (χ3v) is 2.82. The monoisotopic (exact) mass is 379 g/mol. The van der Waals surface area contributed by atoms with Crippen LogP contribution >= 0.6 is 0 Å². The molecule has 0 amide bonds. The molecule has 0 aliphatic carbocycles. The number of hydrogen-bond donors (Lipinski definition) is 0. The van der Waals surface area contributed by atoms with Crippen molar-refractivity contribution >= 4 is 11.7 Å². The number of halogens is 2. The molecule has 0 saturated carbocycles. The fourth-order valence-corrected chi connectivity index (χ4v) is 1.96. The number of carbonyl (C=O) groups is 1. The Bertz CT molecular complexity index is 609. The van der Waals surface area contributed by atoms with E-state index in [1.807, 2.05) is 0 Å². The van der Waals surface area contributed by atoms with Crippen molar-refractivity contribution < 1.29 is 51.0 Å². The Hall–Kier alpha value is -1.33. The normalized spacial score (nSPS) is 13.7. The van der Waals surface area contributed by atoms with Crippen LogP contribution in [0.15, 0.2) is 48.7 Å². The molecule has 1 radical (unpaired) electrons. The van der Waals surface area contributed by atoms with Gasteiger partial charge in [0.05, 0.1) is 6.54 Å². The molecule has 22 heavy (non-hydrogen) atoms. The number of rotatable bonds is 4. The molecule has 1 aromatic carbocycles. The summed E-state index contributed by atoms with van der Waals surface area (Å²) in [5.41, 5.74) is 1.68. The Labute approximate surface area is 153 Å². The minimum atomic E-state index is -2.48. The Morgan fingerprint density at radius 3 is 2.55 bits per heavy atom. The molecule has 0 spiro atoms. The molecule has 1 heterocycles. The van der Waals surface area contributed by atoms with Crippen LogP contribution in [-0.4, -0.2) is 23.8 Å². The van der Waals surface area contributed by atoms with Crippen LogP contribution in [0.25, 0.3) is 5.70 Å². The summed E-state index contributed by atoms with van der Waals surface area (Å²) in [6.07, 6.45) is 3.72. The number of nitrogens with zero attached hydrogens (tertiary/aromatic N) is 1. The Balaban J connectivity index is 0.00000242. The third kappa shape index (κ3) is 4.85. The van der Waals surface area contributed by atoms with Crippen molar-refractivity contribution in [3.05, 3.63) is 60.3 Å². The first-order valence-corrected chi connectivity index (χ1v) is 6.31. The van der Waals surface area contributed by atoms with Crippen LogP contribution in [0.4, 0.5) is 8.78 Å². The molecule has 0 aromatic heterocycles. The number of carbonyl (C=O) groups excluding carboxylic acids is 1. The zero-order valence-electron chi connectivity index (χ0n) is 12.1. The molecule has 0 unspecified atom stereocenters. The standard InChI is InChI=1S/C16H14F2NO2.Y/c1-11-4-3-5-15(19(11)10-16(17)18)13-6-8-14(9-7-13)21-12(2)20;/h3-4,6-9,16H,1,10H2,2H3;/q-1;. The summed E-state index contributed by atoms with van der Waals surface area (Å²) >= 11 is 0. The quantitative estimate of drug-likeness (QED) is 0.456. The van der Waals surface area contributed by atoms with Gasteiger partial charge < -0.3 is 9.64 Å². The number of alkyl halides is 2. The van der Waals surface area contributed by atoms with Crippen molar-refractivity contribution in [3.63, 3.8) is 0 Å². The number of esters is 1. The number of allylic oxidation sites excluding steroid dienone is 3. The predicted molar refractivity (Wildman–Crippen MR) is 75.4 cm³/mol. The van der Waals surface area contributed by atoms with Gasteiger partial charge >= 0.3 is 5.97 Å². The molecule has 3 nitrogen and oxygen atoms in total. The van der Waals surface area contributed by atoms with Gasteiger partial charge in [0.25, 0.3) is 6.43 Å². The van der Waals surface area contributed by atoms with Crippen molar-refractivity contribution in [2.24, 2.45) is 0 Å². The number of ether oxygens (including phenoxy) is 1. The summed E-state index contributed by atoms with van der Waals surface area (Å²) in [5, 5.41) is 0. The molecule has 0 bridgehead atoms. The second-order valence-electron chi connectivity index (χ2n) is 4.44. The van der Waals surface area contributed by atoms with E-state index in [9.17, 15) is 13.6 Å². The molecule has 6 heteroatoms. The molecule has 1 aliphatic rings. The van der Waals surface area contributed by atoms with Crippen molar-refractivity contribution in [2.75, 3.05) is 6.54 Å². The van der Waals surface area contributed by atoms with E-state index >= 15 is 0 Å². The second kappa shape index (κ2) is 8.34. The van der Waals surface area contributed by atoms with Gasteiger partial charge in [0.2, 0.25) is 0 Å². The largest absolute Gasteiger partial charge is 0.427 e. The summed E-state index contributed by atoms with van der Waals surface area (Å²) in [7, 11) is 0. The van der Waals surface area contributed by atoms with E-state index in [0.29, 0.717) is 22.7 Å². The van der Waals surface area contributed by atoms with Crippen molar-refractivity contribution in [2.45, 2.75) is 13.3 Å². The number of benzene rings is 1. The van der Waals surface area contributed by atoms with Gasteiger partial charge in [0.15, 0.2) is 0 Å². The van der Waals surface area contributed by atoms with Crippen molar-refractivity contribution in [1.29, 1.82) is 0 Å². The van der Waals surface area contributed by atoms with Crippen LogP contribution in [0.2, 0.25) is 0 Å². The first-order valence-electron chi connectivity index (χ1n) is 6.31. The molecular weight excluding hydrogens is 365 g/mol. The van der Waals surface area contributed by atoms with Gasteiger partial charge in [-0.25, -0.2) is 8.78 Å². The zero-order chi connectivity index (χ0) is 15.4. The van der Waals surface area contributed by atoms with Crippen LogP contribution in [0.1, 0.15) is 12.5 Å². The second-order valence-corrected chi connectivity index (χ2v) is 4.44. The van der Waals surface area contributed by atoms with E-state index in [2.05, 4.69) is 12.7 Å². The van der Waals surface area contributed by atoms with Gasteiger partial charge in [-0.1, -0.05) is 17.8 Å². The van der Waals surface area contributed by atoms with E-state index in [1.54, 1.807) is 36.4 Å². The molecule has 113 valence electrons. The van der Waals surface area contributed by atoms with Crippen LogP contribution < -0.4 is 4.74 Å². The topological polar surface area (TPSA) is 29.5 Å². The van der Waals surface area contributed by atoms with Gasteiger partial charge in [-0.05, 0) is 17.8 Å². The Kier molecular flexibility index (Phi) is 7.10. The molecule has 1 aromatic rings. The maximum absolute atomic E-state index is 12.7. The average molecular weight is 379 g/mol. The minimum absolute atomic E-state index is 0. The predicted octanol–water partition coefficient (Wildman–Crippen LogP) is 3.40. The maximum atomic E-state index is 12.7. The van der Waals surface area contributed by atoms with Crippen molar-refractivity contribution in [3.8, 4) is 5.75 Å². The maximum Gasteiger partial charge on any atom is 0.308 e. The van der Waals surface area contributed by atoms with Crippen LogP contribution in [0.5, 0.6) is 5.75 Å². The van der Waals surface area contributed by atoms with Gasteiger partial charge in [0.1, 0.15) is 5.75 Å². The molecule has 1 aliphatic heterocycles. The zero-order valence-corrected chi connectivity index (χ0v) is 14.9. The number of hydrogen-bond acceptors (Lipinski definition) is 3. The minimum Gasteiger partial charge on any atom is -0.427 e. The molecular formula is C16H14F2NO2Y-. The van der Waals surface area contributed by atoms with Crippen molar-refractivity contribution in [1.82, 2.24) is 4.90 Å². The van der Waals surface area contributed by atoms with E-state index < -0.39 is 18.9 Å². The van der Waals surface area contributed by atoms with Crippen LogP contribution in [0, 0.1) is 6.08 Å². The molecule has 0 N–H and O–H groups in total. The van der Waals surface area contributed by atoms with Gasteiger partial charge in [-0.2, -0.15) is 12.2 Å². The Morgan fingerprint density at radius 2 is 2.00 bits per heavy atom. The summed E-state index contributed by atoms with van der Waals surface area (Å²) < 4.78 is 30.3. The first kappa shape index (κ1) is 18.7. The van der Waals surface area contributed by atoms with Crippen LogP contribution in [0.3, 0.4) is 0 Å². The van der Waals surface area contributed by atoms with E-state index in [-0.39, 0.29) is 32.7 Å². The smallest absolute Gasteiger partial charge is 0.308 e. The summed E-state index contributed by atoms with van der Waals surface area (Å²) in [6, 6.07) is 6.58. The van der Waals surface area contributed by atoms with E-state index in [4.69, 9.17) is 4.74 Å². The molecule has 0 atom stereocenters. The van der Waals surface area contributed by atoms with Gasteiger partial charge in [0, 0.05) is 39.6 Å². The molecule has 0 fully saturated rings. The third-order valence-electron chi connectivity index (χ3n) is 2.82. The summed E-state index contributed by atoms with van der Waals surface area (Å²) in [6.45, 7) is 4.62. The Morgan fingerprint density at radius 1 is 1.36 bits per heavy atom. The summed E-state index contributed by atoms with van der Waals surface area (Å²) in [4.78, 5) is 12.3. The average Bonchev–Trinajstić information content (AvgIpc) is 2.41. The summed E-state index contributed by atoms with van der Waals surface area (Å²) in [5.74, 6) is -0.0146. The SMILES string of the molecule is C=C1C=C[C-]=C(c2ccc(OC(C)=O)cc2)N1CC(F)F.[Y]. The van der Waals surface area contributed by atoms with Gasteiger partial charge in [-0.15, -0.1) is 18.2 Å². The van der Waals surface area contributed by atoms with Crippen LogP contribution in [-0.2, 0) is 37.5 Å². The van der Waals surface area contributed by atoms with Gasteiger partial charge in [-0.3, -0.25) is 4.79 Å². The molecule has 2 rings (SSSR count). The van der Waals surface area contributed by atoms with E-state index in [0.717, 1.165) is 0 Å². The first-order chi connectivity index (χ1) is 9.97. The fourth-order valence-electron chi connectivity index (χ4n) is 1.96. The fraction of sp³-hybridized carbons (Fsp3) is 0.188.